The molecule has 21 heavy (non-hydrogen) atoms. The van der Waals surface area contributed by atoms with Crippen molar-refractivity contribution >= 4 is 17.8 Å². The number of carboxylic acid groups (broad SMARTS) is 1. The lowest BCUT2D eigenvalue weighted by Crippen LogP contribution is -2.39. The monoisotopic (exact) mass is 290 g/mol. The van der Waals surface area contributed by atoms with Crippen LogP contribution in [-0.2, 0) is 16.0 Å². The van der Waals surface area contributed by atoms with Gasteiger partial charge in [0.15, 0.2) is 0 Å². The van der Waals surface area contributed by atoms with Gasteiger partial charge in [0.25, 0.3) is 0 Å². The minimum Gasteiger partial charge on any atom is -0.478 e. The lowest BCUT2D eigenvalue weighted by Gasteiger charge is -2.22. The molecule has 0 radical (unpaired) electrons. The lowest BCUT2D eigenvalue weighted by atomic mass is 10.0. The number of benzene rings is 1. The molecule has 0 aromatic heterocycles. The summed E-state index contributed by atoms with van der Waals surface area (Å²) in [7, 11) is 3.26. The van der Waals surface area contributed by atoms with Crippen molar-refractivity contribution in [2.45, 2.75) is 18.9 Å². The maximum atomic E-state index is 11.9. The van der Waals surface area contributed by atoms with Crippen LogP contribution in [0.3, 0.4) is 0 Å². The Labute approximate surface area is 123 Å². The minimum atomic E-state index is -0.958. The molecule has 0 saturated carbocycles. The molecule has 112 valence electrons. The van der Waals surface area contributed by atoms with Crippen molar-refractivity contribution in [2.24, 2.45) is 0 Å². The fraction of sp³-hybridized carbons (Fsp3) is 0.400. The summed E-state index contributed by atoms with van der Waals surface area (Å²) < 4.78 is 0. The number of carboxylic acids is 1. The maximum Gasteiger partial charge on any atom is 0.335 e. The number of carbonyl (C=O) groups excluding carboxylic acids is 2. The van der Waals surface area contributed by atoms with Crippen LogP contribution in [0.5, 0.6) is 0 Å². The topological polar surface area (TPSA) is 77.9 Å². The summed E-state index contributed by atoms with van der Waals surface area (Å²) in [6.07, 6.45) is 0.701. The van der Waals surface area contributed by atoms with Gasteiger partial charge in [-0.15, -0.1) is 0 Å². The second-order valence-electron chi connectivity index (χ2n) is 5.20. The highest BCUT2D eigenvalue weighted by molar-refractivity contribution is 6.05. The highest BCUT2D eigenvalue weighted by Crippen LogP contribution is 2.17. The van der Waals surface area contributed by atoms with Gasteiger partial charge in [-0.1, -0.05) is 18.2 Å². The zero-order valence-electron chi connectivity index (χ0n) is 12.1. The van der Waals surface area contributed by atoms with E-state index in [0.29, 0.717) is 13.0 Å². The first-order chi connectivity index (χ1) is 9.91. The van der Waals surface area contributed by atoms with Crippen LogP contribution in [0.15, 0.2) is 24.3 Å². The number of carbonyl (C=O) groups is 3. The second-order valence-corrected chi connectivity index (χ2v) is 5.20. The molecule has 1 aliphatic heterocycles. The number of nitrogens with zero attached hydrogens (tertiary/aromatic N) is 2. The van der Waals surface area contributed by atoms with Gasteiger partial charge in [0, 0.05) is 13.6 Å². The molecular formula is C15H18N2O4. The number of rotatable bonds is 5. The van der Waals surface area contributed by atoms with Gasteiger partial charge in [-0.2, -0.15) is 0 Å². The predicted molar refractivity (Wildman–Crippen MR) is 75.9 cm³/mol. The average Bonchev–Trinajstić information content (AvgIpc) is 2.72. The van der Waals surface area contributed by atoms with Gasteiger partial charge in [0.2, 0.25) is 11.8 Å². The normalized spacial score (nSPS) is 18.6. The Hall–Kier alpha value is -2.21. The Morgan fingerprint density at radius 3 is 2.62 bits per heavy atom. The van der Waals surface area contributed by atoms with E-state index in [1.807, 2.05) is 4.90 Å². The molecule has 6 nitrogen and oxygen atoms in total. The smallest absolute Gasteiger partial charge is 0.335 e. The van der Waals surface area contributed by atoms with Gasteiger partial charge >= 0.3 is 5.97 Å². The molecule has 6 heteroatoms. The number of hydrogen-bond acceptors (Lipinski definition) is 4. The molecule has 0 spiro atoms. The summed E-state index contributed by atoms with van der Waals surface area (Å²) in [5, 5.41) is 9.13. The molecule has 1 saturated heterocycles. The second kappa shape index (κ2) is 6.05. The first kappa shape index (κ1) is 15.2. The molecule has 1 fully saturated rings. The van der Waals surface area contributed by atoms with Gasteiger partial charge in [0.1, 0.15) is 0 Å². The third-order valence-electron chi connectivity index (χ3n) is 3.87. The number of likely N-dealkylation sites (N-methyl/N-ethyl adjacent to an activating group) is 2. The van der Waals surface area contributed by atoms with E-state index < -0.39 is 12.0 Å². The molecular weight excluding hydrogens is 272 g/mol. The molecule has 1 unspecified atom stereocenters. The van der Waals surface area contributed by atoms with Crippen LogP contribution in [0, 0.1) is 0 Å². The van der Waals surface area contributed by atoms with Gasteiger partial charge in [0.05, 0.1) is 18.0 Å². The summed E-state index contributed by atoms with van der Waals surface area (Å²) in [5.74, 6) is -1.34. The SMILES string of the molecule is CN1C(=O)CC(N(C)CCc2ccccc2C(=O)O)C1=O. The minimum absolute atomic E-state index is 0.178. The summed E-state index contributed by atoms with van der Waals surface area (Å²) >= 11 is 0. The molecule has 2 rings (SSSR count). The van der Waals surface area contributed by atoms with Crippen molar-refractivity contribution in [1.29, 1.82) is 0 Å². The fourth-order valence-corrected chi connectivity index (χ4v) is 2.48. The van der Waals surface area contributed by atoms with Gasteiger partial charge in [-0.25, -0.2) is 4.79 Å². The Bertz CT molecular complexity index is 585. The molecule has 1 aromatic carbocycles. The van der Waals surface area contributed by atoms with Crippen LogP contribution in [-0.4, -0.2) is 59.4 Å². The Balaban J connectivity index is 2.02. The van der Waals surface area contributed by atoms with E-state index in [1.54, 1.807) is 31.3 Å². The molecule has 2 amide bonds. The largest absolute Gasteiger partial charge is 0.478 e. The van der Waals surface area contributed by atoms with E-state index in [4.69, 9.17) is 5.11 Å². The third kappa shape index (κ3) is 3.11. The first-order valence-corrected chi connectivity index (χ1v) is 6.73. The molecule has 0 bridgehead atoms. The summed E-state index contributed by atoms with van der Waals surface area (Å²) in [6, 6.07) is 6.37. The molecule has 1 N–H and O–H groups in total. The van der Waals surface area contributed by atoms with E-state index in [0.717, 1.165) is 10.5 Å². The van der Waals surface area contributed by atoms with Gasteiger partial charge in [-0.3, -0.25) is 19.4 Å². The van der Waals surface area contributed by atoms with Crippen molar-refractivity contribution in [1.82, 2.24) is 9.80 Å². The molecule has 1 aliphatic rings. The Morgan fingerprint density at radius 1 is 1.38 bits per heavy atom. The van der Waals surface area contributed by atoms with Crippen LogP contribution in [0.2, 0.25) is 0 Å². The van der Waals surface area contributed by atoms with Crippen molar-refractivity contribution < 1.29 is 19.5 Å². The highest BCUT2D eigenvalue weighted by atomic mass is 16.4. The summed E-state index contributed by atoms with van der Waals surface area (Å²) in [5.41, 5.74) is 0.999. The fourth-order valence-electron chi connectivity index (χ4n) is 2.48. The molecule has 1 atom stereocenters. The van der Waals surface area contributed by atoms with E-state index in [-0.39, 0.29) is 23.8 Å². The first-order valence-electron chi connectivity index (χ1n) is 6.73. The van der Waals surface area contributed by atoms with Crippen LogP contribution in [0.25, 0.3) is 0 Å². The van der Waals surface area contributed by atoms with Crippen LogP contribution in [0.1, 0.15) is 22.3 Å². The number of hydrogen-bond donors (Lipinski definition) is 1. The predicted octanol–water partition coefficient (Wildman–Crippen LogP) is 0.616. The average molecular weight is 290 g/mol. The van der Waals surface area contributed by atoms with Crippen molar-refractivity contribution in [3.8, 4) is 0 Å². The van der Waals surface area contributed by atoms with Crippen molar-refractivity contribution in [3.63, 3.8) is 0 Å². The maximum absolute atomic E-state index is 11.9. The zero-order valence-corrected chi connectivity index (χ0v) is 12.1. The van der Waals surface area contributed by atoms with E-state index in [9.17, 15) is 14.4 Å². The lowest BCUT2D eigenvalue weighted by molar-refractivity contribution is -0.137. The van der Waals surface area contributed by atoms with Crippen molar-refractivity contribution in [3.05, 3.63) is 35.4 Å². The standard InChI is InChI=1S/C15H18N2O4/c1-16(12-9-13(18)17(2)14(12)19)8-7-10-5-3-4-6-11(10)15(20)21/h3-6,12H,7-9H2,1-2H3,(H,20,21). The van der Waals surface area contributed by atoms with Crippen LogP contribution >= 0.6 is 0 Å². The number of amides is 2. The zero-order chi connectivity index (χ0) is 15.6. The summed E-state index contributed by atoms with van der Waals surface area (Å²) in [6.45, 7) is 0.516. The number of likely N-dealkylation sites (tertiary alicyclic amines) is 1. The van der Waals surface area contributed by atoms with E-state index >= 15 is 0 Å². The van der Waals surface area contributed by atoms with Gasteiger partial charge in [-0.05, 0) is 25.1 Å². The van der Waals surface area contributed by atoms with Crippen LogP contribution in [0.4, 0.5) is 0 Å². The van der Waals surface area contributed by atoms with Gasteiger partial charge < -0.3 is 5.11 Å². The highest BCUT2D eigenvalue weighted by Gasteiger charge is 2.38. The molecule has 1 aromatic rings. The molecule has 0 aliphatic carbocycles. The summed E-state index contributed by atoms with van der Waals surface area (Å²) in [4.78, 5) is 37.5. The van der Waals surface area contributed by atoms with E-state index in [1.165, 1.54) is 7.05 Å². The quantitative estimate of drug-likeness (QED) is 0.804. The molecule has 1 heterocycles. The Morgan fingerprint density at radius 2 is 2.05 bits per heavy atom. The van der Waals surface area contributed by atoms with Crippen molar-refractivity contribution in [2.75, 3.05) is 20.6 Å². The van der Waals surface area contributed by atoms with E-state index in [2.05, 4.69) is 0 Å². The number of imide groups is 1. The third-order valence-corrected chi connectivity index (χ3v) is 3.87. The number of aromatic carboxylic acids is 1. The van der Waals surface area contributed by atoms with Crippen LogP contribution < -0.4 is 0 Å². The Kier molecular flexibility index (Phi) is 4.37.